The third kappa shape index (κ3) is 3.73. The molecule has 7 heteroatoms. The zero-order valence-corrected chi connectivity index (χ0v) is 14.0. The van der Waals surface area contributed by atoms with Crippen molar-refractivity contribution in [3.8, 4) is 11.5 Å². The van der Waals surface area contributed by atoms with Crippen LogP contribution in [0.4, 0.5) is 4.79 Å². The minimum atomic E-state index is -0.313. The van der Waals surface area contributed by atoms with Crippen molar-refractivity contribution in [2.75, 3.05) is 34.4 Å². The van der Waals surface area contributed by atoms with Gasteiger partial charge in [0.05, 0.1) is 21.3 Å². The highest BCUT2D eigenvalue weighted by molar-refractivity contribution is 5.97. The van der Waals surface area contributed by atoms with Gasteiger partial charge in [0.25, 0.3) is 5.91 Å². The van der Waals surface area contributed by atoms with Crippen LogP contribution >= 0.6 is 0 Å². The van der Waals surface area contributed by atoms with Crippen LogP contribution in [0.5, 0.6) is 11.5 Å². The standard InChI is InChI=1S/C16H23N3O4/c1-11(15(20)19-8-7-17-16(19)21)18(2)10-12-5-6-13(22-3)14(9-12)23-4/h5-6,9,11H,7-8,10H2,1-4H3,(H,17,21)/p+1/t11-/m1/s1. The molecule has 1 saturated heterocycles. The average molecular weight is 322 g/mol. The first-order valence-electron chi connectivity index (χ1n) is 7.60. The quantitative estimate of drug-likeness (QED) is 0.752. The van der Waals surface area contributed by atoms with Gasteiger partial charge >= 0.3 is 6.03 Å². The van der Waals surface area contributed by atoms with Crippen molar-refractivity contribution in [1.82, 2.24) is 10.2 Å². The molecule has 0 spiro atoms. The number of amides is 3. The van der Waals surface area contributed by atoms with E-state index in [1.165, 1.54) is 4.90 Å². The summed E-state index contributed by atoms with van der Waals surface area (Å²) in [5.41, 5.74) is 1.03. The van der Waals surface area contributed by atoms with Crippen LogP contribution < -0.4 is 19.7 Å². The van der Waals surface area contributed by atoms with Gasteiger partial charge in [-0.3, -0.25) is 9.69 Å². The Kier molecular flexibility index (Phi) is 5.44. The molecule has 0 aromatic heterocycles. The van der Waals surface area contributed by atoms with E-state index >= 15 is 0 Å². The summed E-state index contributed by atoms with van der Waals surface area (Å²) >= 11 is 0. The highest BCUT2D eigenvalue weighted by atomic mass is 16.5. The van der Waals surface area contributed by atoms with Crippen LogP contribution in [0.25, 0.3) is 0 Å². The summed E-state index contributed by atoms with van der Waals surface area (Å²) in [7, 11) is 5.13. The molecule has 0 bridgehead atoms. The predicted molar refractivity (Wildman–Crippen MR) is 84.7 cm³/mol. The monoisotopic (exact) mass is 322 g/mol. The van der Waals surface area contributed by atoms with Gasteiger partial charge in [-0.2, -0.15) is 0 Å². The van der Waals surface area contributed by atoms with Crippen molar-refractivity contribution >= 4 is 11.9 Å². The van der Waals surface area contributed by atoms with Gasteiger partial charge in [-0.15, -0.1) is 0 Å². The average Bonchev–Trinajstić information content (AvgIpc) is 2.99. The van der Waals surface area contributed by atoms with Crippen LogP contribution in [0.2, 0.25) is 0 Å². The normalized spacial score (nSPS) is 16.7. The van der Waals surface area contributed by atoms with Gasteiger partial charge in [-0.05, 0) is 25.1 Å². The lowest BCUT2D eigenvalue weighted by molar-refractivity contribution is -0.908. The van der Waals surface area contributed by atoms with Crippen LogP contribution in [0.1, 0.15) is 12.5 Å². The van der Waals surface area contributed by atoms with Crippen molar-refractivity contribution in [2.24, 2.45) is 0 Å². The van der Waals surface area contributed by atoms with Gasteiger partial charge in [-0.1, -0.05) is 0 Å². The predicted octanol–water partition coefficient (Wildman–Crippen LogP) is -0.341. The molecule has 1 aliphatic rings. The number of hydrogen-bond acceptors (Lipinski definition) is 4. The molecule has 23 heavy (non-hydrogen) atoms. The number of carbonyl (C=O) groups excluding carboxylic acids is 2. The molecule has 126 valence electrons. The highest BCUT2D eigenvalue weighted by Crippen LogP contribution is 2.27. The Balaban J connectivity index is 2.04. The van der Waals surface area contributed by atoms with Crippen LogP contribution in [-0.2, 0) is 11.3 Å². The Morgan fingerprint density at radius 1 is 1.35 bits per heavy atom. The molecule has 1 unspecified atom stereocenters. The Morgan fingerprint density at radius 3 is 2.61 bits per heavy atom. The van der Waals surface area contributed by atoms with E-state index in [-0.39, 0.29) is 18.0 Å². The molecule has 2 atom stereocenters. The van der Waals surface area contributed by atoms with E-state index in [0.717, 1.165) is 10.5 Å². The lowest BCUT2D eigenvalue weighted by Gasteiger charge is -2.24. The molecular formula is C16H24N3O4+. The van der Waals surface area contributed by atoms with Gasteiger partial charge in [0.2, 0.25) is 0 Å². The van der Waals surface area contributed by atoms with Gasteiger partial charge in [0.1, 0.15) is 6.54 Å². The Labute approximate surface area is 136 Å². The molecule has 0 aliphatic carbocycles. The number of likely N-dealkylation sites (N-methyl/N-ethyl adjacent to an activating group) is 1. The number of methoxy groups -OCH3 is 2. The van der Waals surface area contributed by atoms with Crippen molar-refractivity contribution in [1.29, 1.82) is 0 Å². The van der Waals surface area contributed by atoms with E-state index in [1.807, 2.05) is 32.2 Å². The fourth-order valence-electron chi connectivity index (χ4n) is 2.59. The zero-order chi connectivity index (χ0) is 17.0. The SMILES string of the molecule is COc1ccc(C[NH+](C)[C@H](C)C(=O)N2CCNC2=O)cc1OC. The molecule has 1 aromatic rings. The van der Waals surface area contributed by atoms with Crippen molar-refractivity contribution in [3.63, 3.8) is 0 Å². The van der Waals surface area contributed by atoms with Gasteiger partial charge in [0, 0.05) is 18.7 Å². The summed E-state index contributed by atoms with van der Waals surface area (Å²) in [4.78, 5) is 26.3. The minimum absolute atomic E-state index is 0.155. The number of hydrogen-bond donors (Lipinski definition) is 2. The van der Waals surface area contributed by atoms with Crippen molar-refractivity contribution < 1.29 is 24.0 Å². The number of quaternary nitrogens is 1. The third-order valence-electron chi connectivity index (χ3n) is 4.16. The van der Waals surface area contributed by atoms with E-state index in [2.05, 4.69) is 5.32 Å². The molecule has 2 N–H and O–H groups in total. The molecule has 1 heterocycles. The summed E-state index contributed by atoms with van der Waals surface area (Å²) < 4.78 is 10.5. The molecule has 7 nitrogen and oxygen atoms in total. The number of ether oxygens (including phenoxy) is 2. The Morgan fingerprint density at radius 2 is 2.04 bits per heavy atom. The lowest BCUT2D eigenvalue weighted by Crippen LogP contribution is -3.12. The van der Waals surface area contributed by atoms with Gasteiger partial charge in [-0.25, -0.2) is 4.79 Å². The number of benzene rings is 1. The molecule has 1 aromatic carbocycles. The summed E-state index contributed by atoms with van der Waals surface area (Å²) in [5.74, 6) is 1.18. The first kappa shape index (κ1) is 17.1. The molecule has 2 rings (SSSR count). The summed E-state index contributed by atoms with van der Waals surface area (Å²) in [5, 5.41) is 2.65. The van der Waals surface area contributed by atoms with E-state index < -0.39 is 0 Å². The summed E-state index contributed by atoms with van der Waals surface area (Å²) in [6, 6.07) is 5.09. The molecule has 3 amide bonds. The second kappa shape index (κ2) is 7.32. The van der Waals surface area contributed by atoms with Crippen LogP contribution in [0.15, 0.2) is 18.2 Å². The largest absolute Gasteiger partial charge is 0.493 e. The maximum atomic E-state index is 12.4. The van der Waals surface area contributed by atoms with Crippen LogP contribution in [-0.4, -0.2) is 57.2 Å². The van der Waals surface area contributed by atoms with E-state index in [1.54, 1.807) is 14.2 Å². The molecular weight excluding hydrogens is 298 g/mol. The number of nitrogens with one attached hydrogen (secondary N) is 2. The number of urea groups is 1. The highest BCUT2D eigenvalue weighted by Gasteiger charge is 2.33. The van der Waals surface area contributed by atoms with E-state index in [0.29, 0.717) is 31.1 Å². The Hall–Kier alpha value is -2.28. The number of nitrogens with zero attached hydrogens (tertiary/aromatic N) is 1. The third-order valence-corrected chi connectivity index (χ3v) is 4.16. The fourth-order valence-corrected chi connectivity index (χ4v) is 2.59. The number of carbonyl (C=O) groups is 2. The lowest BCUT2D eigenvalue weighted by atomic mass is 10.1. The van der Waals surface area contributed by atoms with Crippen molar-refractivity contribution in [2.45, 2.75) is 19.5 Å². The second-order valence-electron chi connectivity index (χ2n) is 5.66. The smallest absolute Gasteiger partial charge is 0.324 e. The first-order valence-corrected chi connectivity index (χ1v) is 7.60. The fraction of sp³-hybridized carbons (Fsp3) is 0.500. The van der Waals surface area contributed by atoms with Crippen LogP contribution in [0, 0.1) is 0 Å². The molecule has 1 aliphatic heterocycles. The topological polar surface area (TPSA) is 72.3 Å². The maximum Gasteiger partial charge on any atom is 0.324 e. The molecule has 1 fully saturated rings. The van der Waals surface area contributed by atoms with Crippen LogP contribution in [0.3, 0.4) is 0 Å². The minimum Gasteiger partial charge on any atom is -0.493 e. The van der Waals surface area contributed by atoms with Crippen molar-refractivity contribution in [3.05, 3.63) is 23.8 Å². The Bertz CT molecular complexity index is 591. The van der Waals surface area contributed by atoms with E-state index in [9.17, 15) is 9.59 Å². The number of imide groups is 1. The summed E-state index contributed by atoms with van der Waals surface area (Å²) in [6.45, 7) is 3.43. The molecule has 0 radical (unpaired) electrons. The first-order chi connectivity index (χ1) is 11.0. The maximum absolute atomic E-state index is 12.4. The van der Waals surface area contributed by atoms with Gasteiger partial charge < -0.3 is 19.7 Å². The van der Waals surface area contributed by atoms with E-state index in [4.69, 9.17) is 9.47 Å². The summed E-state index contributed by atoms with van der Waals surface area (Å²) in [6.07, 6.45) is 0. The zero-order valence-electron chi connectivity index (χ0n) is 14.0. The second-order valence-corrected chi connectivity index (χ2v) is 5.66. The number of rotatable bonds is 6. The molecule has 0 saturated carbocycles. The van der Waals surface area contributed by atoms with Gasteiger partial charge in [0.15, 0.2) is 17.5 Å².